The molecule has 0 saturated carbocycles. The minimum Gasteiger partial charge on any atom is -0.508 e. The molecule has 4 aromatic rings. The van der Waals surface area contributed by atoms with Crippen LogP contribution in [0.25, 0.3) is 16.9 Å². The van der Waals surface area contributed by atoms with Gasteiger partial charge in [-0.05, 0) is 23.3 Å². The van der Waals surface area contributed by atoms with Crippen molar-refractivity contribution in [2.75, 3.05) is 0 Å². The Kier molecular flexibility index (Phi) is 3.24. The molecule has 0 spiro atoms. The van der Waals surface area contributed by atoms with Crippen molar-refractivity contribution < 1.29 is 5.11 Å². The first-order valence-electron chi connectivity index (χ1n) is 7.32. The molecular weight excluding hydrogens is 288 g/mol. The fraction of sp³-hybridized carbons (Fsp3) is 0.0556. The smallest absolute Gasteiger partial charge is 0.254 e. The van der Waals surface area contributed by atoms with Gasteiger partial charge in [-0.25, -0.2) is 4.98 Å². The lowest BCUT2D eigenvalue weighted by atomic mass is 10.1. The first-order chi connectivity index (χ1) is 11.3. The molecule has 112 valence electrons. The Morgan fingerprint density at radius 2 is 1.65 bits per heavy atom. The summed E-state index contributed by atoms with van der Waals surface area (Å²) in [5, 5.41) is 17.7. The third-order valence-corrected chi connectivity index (χ3v) is 3.74. The van der Waals surface area contributed by atoms with Gasteiger partial charge in [-0.2, -0.15) is 0 Å². The van der Waals surface area contributed by atoms with E-state index in [9.17, 15) is 5.11 Å². The summed E-state index contributed by atoms with van der Waals surface area (Å²) in [5.74, 6) is 1.65. The van der Waals surface area contributed by atoms with E-state index in [0.717, 1.165) is 22.5 Å². The molecule has 2 aromatic carbocycles. The van der Waals surface area contributed by atoms with Crippen molar-refractivity contribution in [1.29, 1.82) is 0 Å². The number of aromatic hydroxyl groups is 1. The van der Waals surface area contributed by atoms with Gasteiger partial charge < -0.3 is 5.11 Å². The van der Waals surface area contributed by atoms with E-state index in [2.05, 4.69) is 15.2 Å². The third kappa shape index (κ3) is 2.64. The molecule has 2 aromatic heterocycles. The van der Waals surface area contributed by atoms with Crippen LogP contribution < -0.4 is 0 Å². The number of phenolic OH excluding ortho intramolecular Hbond substituents is 1. The predicted octanol–water partition coefficient (Wildman–Crippen LogP) is 3.09. The second-order valence-corrected chi connectivity index (χ2v) is 5.34. The highest BCUT2D eigenvalue weighted by molar-refractivity contribution is 5.62. The average molecular weight is 302 g/mol. The van der Waals surface area contributed by atoms with E-state index in [1.165, 1.54) is 0 Å². The van der Waals surface area contributed by atoms with E-state index in [1.54, 1.807) is 12.1 Å². The topological polar surface area (TPSA) is 63.3 Å². The van der Waals surface area contributed by atoms with Gasteiger partial charge >= 0.3 is 0 Å². The van der Waals surface area contributed by atoms with Crippen LogP contribution in [-0.2, 0) is 6.42 Å². The summed E-state index contributed by atoms with van der Waals surface area (Å²) in [5.41, 5.74) is 3.18. The predicted molar refractivity (Wildman–Crippen MR) is 87.1 cm³/mol. The van der Waals surface area contributed by atoms with E-state index in [1.807, 2.05) is 59.3 Å². The van der Waals surface area contributed by atoms with Crippen LogP contribution in [-0.4, -0.2) is 24.7 Å². The Morgan fingerprint density at radius 1 is 0.870 bits per heavy atom. The SMILES string of the molecule is Oc1ccc(Cc2nnc3ncc(-c4ccccc4)cn23)cc1. The van der Waals surface area contributed by atoms with Crippen LogP contribution in [0.15, 0.2) is 67.0 Å². The van der Waals surface area contributed by atoms with E-state index in [-0.39, 0.29) is 5.75 Å². The Morgan fingerprint density at radius 3 is 2.43 bits per heavy atom. The fourth-order valence-corrected chi connectivity index (χ4v) is 2.53. The van der Waals surface area contributed by atoms with E-state index < -0.39 is 0 Å². The number of fused-ring (bicyclic) bond motifs is 1. The number of nitrogens with zero attached hydrogens (tertiary/aromatic N) is 4. The van der Waals surface area contributed by atoms with Gasteiger partial charge in [-0.3, -0.25) is 4.40 Å². The van der Waals surface area contributed by atoms with Gasteiger partial charge in [0.15, 0.2) is 0 Å². The molecule has 0 radical (unpaired) electrons. The molecular formula is C18H14N4O. The van der Waals surface area contributed by atoms with Crippen LogP contribution in [0.4, 0.5) is 0 Å². The maximum absolute atomic E-state index is 9.37. The van der Waals surface area contributed by atoms with E-state index in [4.69, 9.17) is 0 Å². The second-order valence-electron chi connectivity index (χ2n) is 5.34. The van der Waals surface area contributed by atoms with Gasteiger partial charge in [-0.15, -0.1) is 10.2 Å². The highest BCUT2D eigenvalue weighted by Crippen LogP contribution is 2.19. The summed E-state index contributed by atoms with van der Waals surface area (Å²) in [6, 6.07) is 17.2. The monoisotopic (exact) mass is 302 g/mol. The lowest BCUT2D eigenvalue weighted by molar-refractivity contribution is 0.475. The lowest BCUT2D eigenvalue weighted by Gasteiger charge is -2.04. The molecule has 0 bridgehead atoms. The van der Waals surface area contributed by atoms with Gasteiger partial charge in [0.2, 0.25) is 0 Å². The summed E-state index contributed by atoms with van der Waals surface area (Å²) >= 11 is 0. The molecule has 5 nitrogen and oxygen atoms in total. The summed E-state index contributed by atoms with van der Waals surface area (Å²) in [4.78, 5) is 4.38. The Hall–Kier alpha value is -3.21. The number of rotatable bonds is 3. The molecule has 0 aliphatic heterocycles. The van der Waals surface area contributed by atoms with Crippen LogP contribution in [0, 0.1) is 0 Å². The number of benzene rings is 2. The minimum absolute atomic E-state index is 0.257. The summed E-state index contributed by atoms with van der Waals surface area (Å²) in [6.07, 6.45) is 4.44. The molecule has 4 rings (SSSR count). The normalized spacial score (nSPS) is 11.0. The third-order valence-electron chi connectivity index (χ3n) is 3.74. The van der Waals surface area contributed by atoms with Crippen LogP contribution in [0.2, 0.25) is 0 Å². The van der Waals surface area contributed by atoms with Gasteiger partial charge in [-0.1, -0.05) is 42.5 Å². The lowest BCUT2D eigenvalue weighted by Crippen LogP contribution is -1.98. The minimum atomic E-state index is 0.257. The fourth-order valence-electron chi connectivity index (χ4n) is 2.53. The van der Waals surface area contributed by atoms with Crippen LogP contribution in [0.5, 0.6) is 5.75 Å². The largest absolute Gasteiger partial charge is 0.508 e. The van der Waals surface area contributed by atoms with Crippen molar-refractivity contribution >= 4 is 5.78 Å². The van der Waals surface area contributed by atoms with Crippen LogP contribution in [0.3, 0.4) is 0 Å². The highest BCUT2D eigenvalue weighted by atomic mass is 16.3. The zero-order chi connectivity index (χ0) is 15.6. The van der Waals surface area contributed by atoms with Gasteiger partial charge in [0.1, 0.15) is 11.6 Å². The Labute approximate surface area is 132 Å². The summed E-state index contributed by atoms with van der Waals surface area (Å²) in [7, 11) is 0. The van der Waals surface area contributed by atoms with Crippen LogP contribution >= 0.6 is 0 Å². The summed E-state index contributed by atoms with van der Waals surface area (Å²) < 4.78 is 1.91. The number of phenols is 1. The molecule has 23 heavy (non-hydrogen) atoms. The molecule has 0 unspecified atom stereocenters. The molecule has 1 N–H and O–H groups in total. The molecule has 0 fully saturated rings. The summed E-state index contributed by atoms with van der Waals surface area (Å²) in [6.45, 7) is 0. The van der Waals surface area contributed by atoms with E-state index >= 15 is 0 Å². The second kappa shape index (κ2) is 5.53. The maximum Gasteiger partial charge on any atom is 0.254 e. The van der Waals surface area contributed by atoms with Gasteiger partial charge in [0, 0.05) is 24.4 Å². The highest BCUT2D eigenvalue weighted by Gasteiger charge is 2.09. The number of hydrogen-bond acceptors (Lipinski definition) is 4. The first kappa shape index (κ1) is 13.5. The van der Waals surface area contributed by atoms with Crippen molar-refractivity contribution in [3.63, 3.8) is 0 Å². The van der Waals surface area contributed by atoms with Crippen molar-refractivity contribution in [1.82, 2.24) is 19.6 Å². The zero-order valence-corrected chi connectivity index (χ0v) is 12.3. The standard InChI is InChI=1S/C18H14N4O/c23-16-8-6-13(7-9-16)10-17-20-21-18-19-11-15(12-22(17)18)14-4-2-1-3-5-14/h1-9,11-12,23H,10H2. The van der Waals surface area contributed by atoms with Gasteiger partial charge in [0.25, 0.3) is 5.78 Å². The van der Waals surface area contributed by atoms with Crippen molar-refractivity contribution in [2.45, 2.75) is 6.42 Å². The molecule has 0 aliphatic carbocycles. The quantitative estimate of drug-likeness (QED) is 0.631. The number of aromatic nitrogens is 4. The van der Waals surface area contributed by atoms with Crippen molar-refractivity contribution in [3.8, 4) is 16.9 Å². The average Bonchev–Trinajstić information content (AvgIpc) is 3.00. The van der Waals surface area contributed by atoms with Gasteiger partial charge in [0.05, 0.1) is 0 Å². The van der Waals surface area contributed by atoms with E-state index in [0.29, 0.717) is 12.2 Å². The molecule has 5 heteroatoms. The zero-order valence-electron chi connectivity index (χ0n) is 12.3. The molecule has 0 aliphatic rings. The maximum atomic E-state index is 9.37. The first-order valence-corrected chi connectivity index (χ1v) is 7.32. The van der Waals surface area contributed by atoms with Crippen molar-refractivity contribution in [3.05, 3.63) is 78.4 Å². The molecule has 2 heterocycles. The molecule has 0 amide bonds. The Balaban J connectivity index is 1.74. The molecule has 0 saturated heterocycles. The van der Waals surface area contributed by atoms with Crippen molar-refractivity contribution in [2.24, 2.45) is 0 Å². The number of hydrogen-bond donors (Lipinski definition) is 1. The molecule has 0 atom stereocenters. The Bertz CT molecular complexity index is 946. The van der Waals surface area contributed by atoms with Crippen LogP contribution in [0.1, 0.15) is 11.4 Å².